The lowest BCUT2D eigenvalue weighted by Gasteiger charge is -2.29. The van der Waals surface area contributed by atoms with Gasteiger partial charge in [0.2, 0.25) is 0 Å². The third-order valence-electron chi connectivity index (χ3n) is 3.10. The van der Waals surface area contributed by atoms with Crippen molar-refractivity contribution in [2.45, 2.75) is 16.9 Å². The molecule has 1 aromatic heterocycles. The first-order valence-corrected chi connectivity index (χ1v) is 7.20. The highest BCUT2D eigenvalue weighted by Gasteiger charge is 2.30. The first-order chi connectivity index (χ1) is 7.70. The Morgan fingerprint density at radius 2 is 2.12 bits per heavy atom. The summed E-state index contributed by atoms with van der Waals surface area (Å²) in [5.41, 5.74) is 2.65. The highest BCUT2D eigenvalue weighted by Crippen LogP contribution is 2.46. The van der Waals surface area contributed by atoms with Gasteiger partial charge in [-0.25, -0.2) is 4.98 Å². The van der Waals surface area contributed by atoms with E-state index in [0.717, 1.165) is 10.4 Å². The fraction of sp³-hybridized carbons (Fsp3) is 0.250. The number of imidazole rings is 1. The van der Waals surface area contributed by atoms with Crippen LogP contribution >= 0.6 is 38.5 Å². The Morgan fingerprint density at radius 1 is 1.38 bits per heavy atom. The van der Waals surface area contributed by atoms with Crippen LogP contribution in [0.1, 0.15) is 22.5 Å². The standard InChI is InChI=1S/C12H10BrIN2/c1-7-8-4-2-3-5-9(8)12-15-6-10(13)16(12)11(7)14/h2-7,11H,1H3. The maximum Gasteiger partial charge on any atom is 0.142 e. The van der Waals surface area contributed by atoms with Gasteiger partial charge in [-0.05, 0) is 21.5 Å². The molecule has 2 heterocycles. The molecule has 3 rings (SSSR count). The second-order valence-electron chi connectivity index (χ2n) is 4.02. The number of fused-ring (bicyclic) bond motifs is 3. The molecule has 1 aromatic carbocycles. The predicted octanol–water partition coefficient (Wildman–Crippen LogP) is 4.36. The van der Waals surface area contributed by atoms with Crippen molar-refractivity contribution in [3.8, 4) is 11.4 Å². The molecule has 0 radical (unpaired) electrons. The number of nitrogens with zero attached hydrogens (tertiary/aromatic N) is 2. The topological polar surface area (TPSA) is 17.8 Å². The lowest BCUT2D eigenvalue weighted by Crippen LogP contribution is -2.17. The maximum atomic E-state index is 4.49. The molecule has 2 nitrogen and oxygen atoms in total. The van der Waals surface area contributed by atoms with Crippen molar-refractivity contribution < 1.29 is 0 Å². The lowest BCUT2D eigenvalue weighted by atomic mass is 9.92. The van der Waals surface area contributed by atoms with Gasteiger partial charge in [0.1, 0.15) is 10.4 Å². The van der Waals surface area contributed by atoms with Crippen LogP contribution in [0, 0.1) is 0 Å². The second kappa shape index (κ2) is 3.84. The van der Waals surface area contributed by atoms with Crippen LogP contribution in [0.3, 0.4) is 0 Å². The van der Waals surface area contributed by atoms with Crippen LogP contribution in [0.25, 0.3) is 11.4 Å². The van der Waals surface area contributed by atoms with Crippen molar-refractivity contribution in [2.24, 2.45) is 0 Å². The highest BCUT2D eigenvalue weighted by molar-refractivity contribution is 14.1. The summed E-state index contributed by atoms with van der Waals surface area (Å²) in [6, 6.07) is 8.54. The number of aromatic nitrogens is 2. The van der Waals surface area contributed by atoms with Crippen LogP contribution in [-0.2, 0) is 0 Å². The van der Waals surface area contributed by atoms with E-state index in [4.69, 9.17) is 0 Å². The van der Waals surface area contributed by atoms with Crippen molar-refractivity contribution in [1.29, 1.82) is 0 Å². The van der Waals surface area contributed by atoms with Gasteiger partial charge in [-0.2, -0.15) is 0 Å². The van der Waals surface area contributed by atoms with Crippen LogP contribution < -0.4 is 0 Å². The molecule has 82 valence electrons. The molecular weight excluding hydrogens is 379 g/mol. The zero-order chi connectivity index (χ0) is 11.3. The number of rotatable bonds is 0. The van der Waals surface area contributed by atoms with Gasteiger partial charge < -0.3 is 4.57 Å². The fourth-order valence-corrected chi connectivity index (χ4v) is 4.07. The number of hydrogen-bond donors (Lipinski definition) is 0. The van der Waals surface area contributed by atoms with E-state index in [1.807, 2.05) is 6.20 Å². The minimum absolute atomic E-state index is 0.416. The molecule has 2 unspecified atom stereocenters. The Labute approximate surface area is 116 Å². The Morgan fingerprint density at radius 3 is 2.94 bits per heavy atom. The fourth-order valence-electron chi connectivity index (χ4n) is 2.24. The lowest BCUT2D eigenvalue weighted by molar-refractivity contribution is 0.583. The van der Waals surface area contributed by atoms with Gasteiger partial charge >= 0.3 is 0 Å². The molecule has 0 amide bonds. The number of benzene rings is 1. The monoisotopic (exact) mass is 388 g/mol. The van der Waals surface area contributed by atoms with E-state index in [0.29, 0.717) is 9.97 Å². The van der Waals surface area contributed by atoms with Crippen molar-refractivity contribution in [1.82, 2.24) is 9.55 Å². The molecule has 16 heavy (non-hydrogen) atoms. The van der Waals surface area contributed by atoms with E-state index < -0.39 is 0 Å². The van der Waals surface area contributed by atoms with Gasteiger partial charge in [0.05, 0.1) is 10.2 Å². The Hall–Kier alpha value is -0.360. The van der Waals surface area contributed by atoms with E-state index in [-0.39, 0.29) is 0 Å². The minimum Gasteiger partial charge on any atom is -0.306 e. The highest BCUT2D eigenvalue weighted by atomic mass is 127. The van der Waals surface area contributed by atoms with Gasteiger partial charge in [0.15, 0.2) is 0 Å². The normalized spacial score (nSPS) is 22.7. The first kappa shape index (κ1) is 10.8. The predicted molar refractivity (Wildman–Crippen MR) is 76.8 cm³/mol. The van der Waals surface area contributed by atoms with Gasteiger partial charge in [0.25, 0.3) is 0 Å². The van der Waals surface area contributed by atoms with Gasteiger partial charge in [-0.3, -0.25) is 0 Å². The summed E-state index contributed by atoms with van der Waals surface area (Å²) in [4.78, 5) is 4.49. The summed E-state index contributed by atoms with van der Waals surface area (Å²) >= 11 is 6.05. The summed E-state index contributed by atoms with van der Waals surface area (Å²) in [7, 11) is 0. The molecule has 2 aromatic rings. The van der Waals surface area contributed by atoms with Gasteiger partial charge in [-0.1, -0.05) is 53.8 Å². The van der Waals surface area contributed by atoms with Crippen molar-refractivity contribution in [3.05, 3.63) is 40.6 Å². The van der Waals surface area contributed by atoms with E-state index >= 15 is 0 Å². The summed E-state index contributed by atoms with van der Waals surface area (Å²) in [5, 5.41) is 0. The molecular formula is C12H10BrIN2. The van der Waals surface area contributed by atoms with Crippen molar-refractivity contribution in [2.75, 3.05) is 0 Å². The summed E-state index contributed by atoms with van der Waals surface area (Å²) in [6.45, 7) is 2.27. The third-order valence-corrected chi connectivity index (χ3v) is 5.33. The maximum absolute atomic E-state index is 4.49. The smallest absolute Gasteiger partial charge is 0.142 e. The molecule has 0 bridgehead atoms. The van der Waals surface area contributed by atoms with Crippen molar-refractivity contribution in [3.63, 3.8) is 0 Å². The zero-order valence-electron chi connectivity index (χ0n) is 8.69. The van der Waals surface area contributed by atoms with E-state index in [9.17, 15) is 0 Å². The molecule has 0 fully saturated rings. The average molecular weight is 389 g/mol. The number of halogens is 2. The molecule has 4 heteroatoms. The quantitative estimate of drug-likeness (QED) is 0.484. The molecule has 0 aliphatic carbocycles. The SMILES string of the molecule is CC1c2ccccc2-c2ncc(Br)n2C1I. The van der Waals surface area contributed by atoms with Crippen LogP contribution in [-0.4, -0.2) is 9.55 Å². The molecule has 0 saturated carbocycles. The Bertz CT molecular complexity index is 550. The summed E-state index contributed by atoms with van der Waals surface area (Å²) < 4.78 is 3.73. The van der Waals surface area contributed by atoms with E-state index in [1.54, 1.807) is 0 Å². The van der Waals surface area contributed by atoms with Crippen LogP contribution in [0.2, 0.25) is 0 Å². The number of hydrogen-bond acceptors (Lipinski definition) is 1. The largest absolute Gasteiger partial charge is 0.306 e. The number of alkyl halides is 1. The van der Waals surface area contributed by atoms with Crippen LogP contribution in [0.5, 0.6) is 0 Å². The van der Waals surface area contributed by atoms with E-state index in [1.165, 1.54) is 11.1 Å². The van der Waals surface area contributed by atoms with Gasteiger partial charge in [0, 0.05) is 11.5 Å². The zero-order valence-corrected chi connectivity index (χ0v) is 12.4. The van der Waals surface area contributed by atoms with Crippen LogP contribution in [0.4, 0.5) is 0 Å². The molecule has 1 aliphatic rings. The average Bonchev–Trinajstić information content (AvgIpc) is 2.69. The molecule has 0 saturated heterocycles. The van der Waals surface area contributed by atoms with Crippen molar-refractivity contribution >= 4 is 38.5 Å². The van der Waals surface area contributed by atoms with E-state index in [2.05, 4.69) is 79.3 Å². The van der Waals surface area contributed by atoms with Crippen LogP contribution in [0.15, 0.2) is 35.1 Å². The summed E-state index contributed by atoms with van der Waals surface area (Å²) in [5.74, 6) is 1.58. The first-order valence-electron chi connectivity index (χ1n) is 5.16. The molecule has 0 spiro atoms. The third kappa shape index (κ3) is 1.39. The minimum atomic E-state index is 0.416. The Kier molecular flexibility index (Phi) is 2.58. The molecule has 2 atom stereocenters. The Balaban J connectivity index is 2.34. The second-order valence-corrected chi connectivity index (χ2v) is 6.11. The van der Waals surface area contributed by atoms with Gasteiger partial charge in [-0.15, -0.1) is 0 Å². The molecule has 0 N–H and O–H groups in total. The molecule has 1 aliphatic heterocycles. The summed E-state index contributed by atoms with van der Waals surface area (Å²) in [6.07, 6.45) is 1.88.